The number of hydrogen-bond acceptors (Lipinski definition) is 6. The van der Waals surface area contributed by atoms with E-state index in [1.165, 1.54) is 0 Å². The van der Waals surface area contributed by atoms with Crippen LogP contribution in [0.5, 0.6) is 5.75 Å². The fourth-order valence-corrected chi connectivity index (χ4v) is 3.81. The maximum Gasteiger partial charge on any atom is 0.258 e. The number of carbonyl (C=O) groups excluding carboxylic acids is 1. The van der Waals surface area contributed by atoms with Gasteiger partial charge in [-0.15, -0.1) is 5.10 Å². The highest BCUT2D eigenvalue weighted by Gasteiger charge is 2.19. The van der Waals surface area contributed by atoms with Crippen molar-refractivity contribution in [2.45, 2.75) is 19.9 Å². The van der Waals surface area contributed by atoms with Crippen molar-refractivity contribution in [3.63, 3.8) is 0 Å². The Kier molecular flexibility index (Phi) is 10.8. The first-order chi connectivity index (χ1) is 18.7. The molecule has 0 aromatic heterocycles. The van der Waals surface area contributed by atoms with Gasteiger partial charge in [0.2, 0.25) is 11.9 Å². The van der Waals surface area contributed by atoms with Crippen LogP contribution in [-0.2, 0) is 6.54 Å². The number of hydrazone groups is 1. The lowest BCUT2D eigenvalue weighted by Gasteiger charge is -2.31. The van der Waals surface area contributed by atoms with Crippen LogP contribution in [0.3, 0.4) is 0 Å². The van der Waals surface area contributed by atoms with E-state index in [0.717, 1.165) is 29.1 Å². The van der Waals surface area contributed by atoms with Crippen molar-refractivity contribution in [3.05, 3.63) is 87.9 Å². The fraction of sp³-hybridized carbons (Fsp3) is 0.222. The molecule has 1 amide bonds. The van der Waals surface area contributed by atoms with Crippen LogP contribution in [0.25, 0.3) is 0 Å². The number of carbonyl (C=O) groups is 1. The summed E-state index contributed by atoms with van der Waals surface area (Å²) >= 11 is 12.6. The molecule has 0 unspecified atom stereocenters. The third-order valence-corrected chi connectivity index (χ3v) is 6.19. The van der Waals surface area contributed by atoms with Gasteiger partial charge in [-0.05, 0) is 66.6 Å². The van der Waals surface area contributed by atoms with E-state index in [9.17, 15) is 4.79 Å². The Balaban J connectivity index is 1.95. The van der Waals surface area contributed by atoms with Gasteiger partial charge in [0.1, 0.15) is 5.75 Å². The second-order valence-corrected chi connectivity index (χ2v) is 9.42. The molecule has 0 spiro atoms. The third kappa shape index (κ3) is 8.25. The zero-order chi connectivity index (χ0) is 28.4. The Morgan fingerprint density at radius 3 is 2.26 bits per heavy atom. The van der Waals surface area contributed by atoms with Crippen molar-refractivity contribution in [2.75, 3.05) is 25.6 Å². The molecular formula is C27H32Cl2N8O2. The average Bonchev–Trinajstić information content (AvgIpc) is 2.94. The molecule has 206 valence electrons. The molecule has 39 heavy (non-hydrogen) atoms. The molecular weight excluding hydrogens is 539 g/mol. The molecule has 0 aliphatic rings. The number of ether oxygens (including phenoxy) is 1. The van der Waals surface area contributed by atoms with Crippen LogP contribution in [0.1, 0.15) is 29.3 Å². The third-order valence-electron chi connectivity index (χ3n) is 5.45. The smallest absolute Gasteiger partial charge is 0.258 e. The minimum atomic E-state index is -0.410. The number of anilines is 1. The number of guanidine groups is 2. The minimum Gasteiger partial charge on any atom is -0.494 e. The van der Waals surface area contributed by atoms with Gasteiger partial charge in [-0.1, -0.05) is 42.3 Å². The number of nitrogens with two attached hydrogens (primary N) is 2. The zero-order valence-corrected chi connectivity index (χ0v) is 23.5. The van der Waals surface area contributed by atoms with E-state index < -0.39 is 5.91 Å². The number of aliphatic imine (C=N–C) groups is 1. The molecule has 0 fully saturated rings. The van der Waals surface area contributed by atoms with Gasteiger partial charge in [-0.25, -0.2) is 10.8 Å². The highest BCUT2D eigenvalue weighted by Crippen LogP contribution is 2.30. The van der Waals surface area contributed by atoms with Crippen LogP contribution >= 0.6 is 23.2 Å². The number of benzene rings is 3. The highest BCUT2D eigenvalue weighted by molar-refractivity contribution is 6.42. The molecule has 0 radical (unpaired) electrons. The summed E-state index contributed by atoms with van der Waals surface area (Å²) in [7, 11) is 3.83. The molecule has 0 saturated carbocycles. The van der Waals surface area contributed by atoms with E-state index in [1.807, 2.05) is 66.4 Å². The molecule has 10 nitrogen and oxygen atoms in total. The van der Waals surface area contributed by atoms with Gasteiger partial charge in [-0.3, -0.25) is 15.5 Å². The van der Waals surface area contributed by atoms with Gasteiger partial charge < -0.3 is 20.4 Å². The van der Waals surface area contributed by atoms with Gasteiger partial charge in [0, 0.05) is 25.3 Å². The van der Waals surface area contributed by atoms with Crippen molar-refractivity contribution in [2.24, 2.45) is 21.8 Å². The number of nitrogens with zero attached hydrogens (tertiary/aromatic N) is 4. The summed E-state index contributed by atoms with van der Waals surface area (Å²) in [4.78, 5) is 21.3. The van der Waals surface area contributed by atoms with E-state index in [0.29, 0.717) is 34.7 Å². The minimum absolute atomic E-state index is 0.0494. The number of hydrazine groups is 1. The SMILES string of the molecule is CCCOc1ccc(N=C(N(C)C)N(Cc2ccc(C(=O)N/C(=N/N)NN)cc2)c2ccc(Cl)c(Cl)c2)cc1. The van der Waals surface area contributed by atoms with Gasteiger partial charge in [0.15, 0.2) is 0 Å². The summed E-state index contributed by atoms with van der Waals surface area (Å²) in [6.07, 6.45) is 0.933. The summed E-state index contributed by atoms with van der Waals surface area (Å²) in [6.45, 7) is 3.14. The van der Waals surface area contributed by atoms with Crippen molar-refractivity contribution >= 4 is 52.4 Å². The summed E-state index contributed by atoms with van der Waals surface area (Å²) in [6, 6.07) is 20.1. The van der Waals surface area contributed by atoms with Crippen LogP contribution in [-0.4, -0.2) is 43.4 Å². The quantitative estimate of drug-likeness (QED) is 0.136. The first-order valence-electron chi connectivity index (χ1n) is 12.1. The Bertz CT molecular complexity index is 1310. The molecule has 0 bridgehead atoms. The van der Waals surface area contributed by atoms with Crippen LogP contribution < -0.4 is 32.1 Å². The lowest BCUT2D eigenvalue weighted by atomic mass is 10.1. The van der Waals surface area contributed by atoms with Gasteiger partial charge >= 0.3 is 0 Å². The van der Waals surface area contributed by atoms with E-state index >= 15 is 0 Å². The Morgan fingerprint density at radius 2 is 1.69 bits per heavy atom. The molecule has 3 aromatic rings. The van der Waals surface area contributed by atoms with Crippen molar-refractivity contribution in [1.29, 1.82) is 0 Å². The molecule has 3 rings (SSSR count). The Labute approximate surface area is 238 Å². The summed E-state index contributed by atoms with van der Waals surface area (Å²) < 4.78 is 5.70. The van der Waals surface area contributed by atoms with Crippen LogP contribution in [0.4, 0.5) is 11.4 Å². The number of hydrogen-bond donors (Lipinski definition) is 4. The normalized spacial score (nSPS) is 11.6. The molecule has 0 aliphatic carbocycles. The van der Waals surface area contributed by atoms with Gasteiger partial charge in [-0.2, -0.15) is 0 Å². The van der Waals surface area contributed by atoms with E-state index in [4.69, 9.17) is 44.6 Å². The van der Waals surface area contributed by atoms with Gasteiger partial charge in [0.05, 0.1) is 28.9 Å². The standard InChI is InChI=1S/C27H32Cl2N8O2/c1-4-15-39-22-12-9-20(10-13-22)32-27(36(2)3)37(21-11-14-23(28)24(29)16-21)17-18-5-7-19(8-6-18)25(38)33-26(34-30)35-31/h5-14,16H,4,15,17,30-31H2,1-3H3,(H2,33,34,35,38). The van der Waals surface area contributed by atoms with Crippen LogP contribution in [0.15, 0.2) is 76.8 Å². The average molecular weight is 572 g/mol. The number of amides is 1. The van der Waals surface area contributed by atoms with Crippen molar-refractivity contribution < 1.29 is 9.53 Å². The van der Waals surface area contributed by atoms with E-state index in [2.05, 4.69) is 22.8 Å². The largest absolute Gasteiger partial charge is 0.494 e. The van der Waals surface area contributed by atoms with Crippen LogP contribution in [0.2, 0.25) is 10.0 Å². The molecule has 0 atom stereocenters. The highest BCUT2D eigenvalue weighted by atomic mass is 35.5. The van der Waals surface area contributed by atoms with E-state index in [-0.39, 0.29) is 5.96 Å². The molecule has 3 aromatic carbocycles. The monoisotopic (exact) mass is 570 g/mol. The lowest BCUT2D eigenvalue weighted by Crippen LogP contribution is -2.45. The molecule has 12 heteroatoms. The van der Waals surface area contributed by atoms with Gasteiger partial charge in [0.25, 0.3) is 5.91 Å². The predicted molar refractivity (Wildman–Crippen MR) is 159 cm³/mol. The van der Waals surface area contributed by atoms with Crippen molar-refractivity contribution in [3.8, 4) is 5.75 Å². The maximum atomic E-state index is 12.5. The topological polar surface area (TPSA) is 134 Å². The number of nitrogens with one attached hydrogen (secondary N) is 2. The second-order valence-electron chi connectivity index (χ2n) is 8.61. The molecule has 0 heterocycles. The van der Waals surface area contributed by atoms with Crippen molar-refractivity contribution in [1.82, 2.24) is 15.6 Å². The Hall–Kier alpha value is -3.99. The number of halogens is 2. The molecule has 6 N–H and O–H groups in total. The lowest BCUT2D eigenvalue weighted by molar-refractivity contribution is 0.0975. The summed E-state index contributed by atoms with van der Waals surface area (Å²) in [5, 5.41) is 6.72. The second kappa shape index (κ2) is 14.2. The fourth-order valence-electron chi connectivity index (χ4n) is 3.51. The molecule has 0 saturated heterocycles. The molecule has 0 aliphatic heterocycles. The maximum absolute atomic E-state index is 12.5. The summed E-state index contributed by atoms with van der Waals surface area (Å²) in [5.74, 6) is 11.5. The summed E-state index contributed by atoms with van der Waals surface area (Å²) in [5.41, 5.74) is 5.08. The first kappa shape index (κ1) is 29.6. The zero-order valence-electron chi connectivity index (χ0n) is 22.0. The first-order valence-corrected chi connectivity index (χ1v) is 12.9. The predicted octanol–water partition coefficient (Wildman–Crippen LogP) is 4.46. The Morgan fingerprint density at radius 1 is 1.00 bits per heavy atom. The number of rotatable bonds is 8. The van der Waals surface area contributed by atoms with E-state index in [1.54, 1.807) is 24.3 Å². The van der Waals surface area contributed by atoms with Crippen LogP contribution in [0, 0.1) is 0 Å².